The van der Waals surface area contributed by atoms with Crippen molar-refractivity contribution >= 4 is 45.2 Å². The third-order valence-corrected chi connectivity index (χ3v) is 7.64. The zero-order valence-corrected chi connectivity index (χ0v) is 23.6. The van der Waals surface area contributed by atoms with Crippen LogP contribution < -0.4 is 29.6 Å². The Balaban J connectivity index is 1.61. The fourth-order valence-electron chi connectivity index (χ4n) is 4.48. The van der Waals surface area contributed by atoms with Crippen molar-refractivity contribution in [3.05, 3.63) is 46.0 Å². The fourth-order valence-corrected chi connectivity index (χ4v) is 5.42. The lowest BCUT2D eigenvalue weighted by Crippen LogP contribution is -2.47. The van der Waals surface area contributed by atoms with E-state index < -0.39 is 88.3 Å². The molecule has 0 spiro atoms. The first kappa shape index (κ1) is 32.5. The quantitative estimate of drug-likeness (QED) is 0.278. The van der Waals surface area contributed by atoms with Crippen molar-refractivity contribution < 1.29 is 53.4 Å². The van der Waals surface area contributed by atoms with Gasteiger partial charge < -0.3 is 29.4 Å². The number of nitrogens with one attached hydrogen (secondary N) is 2. The second kappa shape index (κ2) is 12.7. The van der Waals surface area contributed by atoms with E-state index in [1.165, 1.54) is 18.2 Å². The van der Waals surface area contributed by atoms with Gasteiger partial charge in [0.25, 0.3) is 5.91 Å². The van der Waals surface area contributed by atoms with Gasteiger partial charge in [-0.1, -0.05) is 11.6 Å². The molecule has 2 heterocycles. The predicted molar refractivity (Wildman–Crippen MR) is 142 cm³/mol. The minimum atomic E-state index is -4.88. The Morgan fingerprint density at radius 2 is 1.74 bits per heavy atom. The number of nitrogens with zero attached hydrogens (tertiary/aromatic N) is 2. The van der Waals surface area contributed by atoms with Crippen LogP contribution in [0.25, 0.3) is 0 Å². The van der Waals surface area contributed by atoms with Crippen LogP contribution in [0.15, 0.2) is 18.2 Å². The van der Waals surface area contributed by atoms with Crippen molar-refractivity contribution in [3.63, 3.8) is 0 Å². The summed E-state index contributed by atoms with van der Waals surface area (Å²) in [6.07, 6.45) is -5.27. The highest BCUT2D eigenvalue weighted by Gasteiger charge is 2.41. The van der Waals surface area contributed by atoms with Crippen molar-refractivity contribution in [3.8, 4) is 11.5 Å². The maximum Gasteiger partial charge on any atom is 0.501 e. The van der Waals surface area contributed by atoms with E-state index in [0.29, 0.717) is 5.69 Å². The highest BCUT2D eigenvalue weighted by Crippen LogP contribution is 2.45. The van der Waals surface area contributed by atoms with Gasteiger partial charge in [0.15, 0.2) is 17.4 Å². The van der Waals surface area contributed by atoms with Gasteiger partial charge in [-0.2, -0.15) is 13.2 Å². The Kier molecular flexibility index (Phi) is 9.55. The number of hydrogen-bond donors (Lipinski definition) is 4. The van der Waals surface area contributed by atoms with Crippen LogP contribution in [0.2, 0.25) is 5.02 Å². The van der Waals surface area contributed by atoms with Crippen molar-refractivity contribution in [2.24, 2.45) is 5.73 Å². The van der Waals surface area contributed by atoms with E-state index in [-0.39, 0.29) is 43.4 Å². The van der Waals surface area contributed by atoms with Crippen molar-refractivity contribution in [1.82, 2.24) is 10.2 Å². The molecule has 19 heteroatoms. The molecule has 0 aliphatic carbocycles. The van der Waals surface area contributed by atoms with Crippen LogP contribution in [-0.4, -0.2) is 81.8 Å². The van der Waals surface area contributed by atoms with Crippen LogP contribution in [0.1, 0.15) is 22.3 Å². The number of piperazine rings is 1. The van der Waals surface area contributed by atoms with Crippen LogP contribution in [0, 0.1) is 11.6 Å². The molecule has 12 nitrogen and oxygen atoms in total. The highest BCUT2D eigenvalue weighted by molar-refractivity contribution is 7.82. The zero-order chi connectivity index (χ0) is 31.7. The molecule has 2 aliphatic heterocycles. The number of amides is 2. The molecule has 236 valence electrons. The van der Waals surface area contributed by atoms with Crippen LogP contribution >= 0.6 is 11.6 Å². The number of halogens is 6. The summed E-state index contributed by atoms with van der Waals surface area (Å²) in [5.74, 6) is -7.69. The van der Waals surface area contributed by atoms with Gasteiger partial charge >= 0.3 is 16.6 Å². The lowest BCUT2D eigenvalue weighted by atomic mass is 10.0. The van der Waals surface area contributed by atoms with E-state index in [2.05, 4.69) is 19.0 Å². The number of rotatable bonds is 10. The van der Waals surface area contributed by atoms with E-state index in [1.807, 2.05) is 0 Å². The number of alkyl halides is 3. The molecule has 5 N–H and O–H groups in total. The van der Waals surface area contributed by atoms with Crippen LogP contribution in [0.3, 0.4) is 0 Å². The first-order valence-corrected chi connectivity index (χ1v) is 14.3. The van der Waals surface area contributed by atoms with Gasteiger partial charge in [0.05, 0.1) is 30.0 Å². The molecule has 0 saturated carbocycles. The number of primary amides is 1. The van der Waals surface area contributed by atoms with E-state index in [9.17, 15) is 36.3 Å². The number of aliphatic hydroxyl groups is 1. The molecule has 43 heavy (non-hydrogen) atoms. The highest BCUT2D eigenvalue weighted by atomic mass is 35.5. The van der Waals surface area contributed by atoms with Gasteiger partial charge in [-0.25, -0.2) is 8.78 Å². The van der Waals surface area contributed by atoms with Gasteiger partial charge in [0, 0.05) is 44.3 Å². The summed E-state index contributed by atoms with van der Waals surface area (Å²) in [5.41, 5.74) is 3.55. The topological polar surface area (TPSA) is 164 Å². The average molecular weight is 658 g/mol. The third kappa shape index (κ3) is 7.56. The molecule has 0 aromatic heterocycles. The maximum atomic E-state index is 15.4. The molecule has 2 aliphatic rings. The lowest BCUT2D eigenvalue weighted by molar-refractivity contribution is -0.138. The second-order valence-corrected chi connectivity index (χ2v) is 11.1. The second-order valence-electron chi connectivity index (χ2n) is 9.54. The smallest absolute Gasteiger partial charge is 0.394 e. The Morgan fingerprint density at radius 3 is 2.35 bits per heavy atom. The number of benzene rings is 2. The van der Waals surface area contributed by atoms with Gasteiger partial charge in [-0.3, -0.25) is 19.8 Å². The van der Waals surface area contributed by atoms with Crippen molar-refractivity contribution in [2.45, 2.75) is 25.2 Å². The van der Waals surface area contributed by atoms with E-state index in [0.717, 1.165) is 0 Å². The summed E-state index contributed by atoms with van der Waals surface area (Å²) in [5, 5.41) is 14.2. The van der Waals surface area contributed by atoms with Crippen LogP contribution in [0.4, 0.5) is 33.3 Å². The summed E-state index contributed by atoms with van der Waals surface area (Å²) < 4.78 is 102. The van der Waals surface area contributed by atoms with Crippen LogP contribution in [0.5, 0.6) is 11.5 Å². The third-order valence-electron chi connectivity index (χ3n) is 6.67. The molecular weight excluding hydrogens is 633 g/mol. The molecular formula is C24H25ClF5N5O7S. The van der Waals surface area contributed by atoms with Gasteiger partial charge in [-0.05, 0) is 18.2 Å². The number of fused-ring (bicyclic) bond motifs is 1. The average Bonchev–Trinajstić information content (AvgIpc) is 3.24. The monoisotopic (exact) mass is 657 g/mol. The van der Waals surface area contributed by atoms with Gasteiger partial charge in [-0.15, -0.1) is 8.42 Å². The molecule has 0 radical (unpaired) electrons. The first-order chi connectivity index (χ1) is 20.1. The van der Waals surface area contributed by atoms with E-state index in [1.54, 1.807) is 9.80 Å². The normalized spacial score (nSPS) is 17.1. The molecule has 0 bridgehead atoms. The standard InChI is InChI=1S/C24H25ClF5N5O7S/c25-12-1-2-14(16(9-12)35-7-5-34(6-8-35)4-3-24(28,29)30)33-23(38)17-19(27)18(26)13(10-32-15(11-36)22(31)37)20-21(17)42-43(39,40)41-20/h1-2,9,15,32,36H,3-8,10-11H2,(H2,31,37)(H,33,38)/t15-/m0/s1. The number of nitrogens with two attached hydrogens (primary N) is 1. The zero-order valence-electron chi connectivity index (χ0n) is 22.0. The number of aliphatic hydroxyl groups excluding tert-OH is 1. The minimum Gasteiger partial charge on any atom is -0.394 e. The molecule has 1 fully saturated rings. The summed E-state index contributed by atoms with van der Waals surface area (Å²) in [7, 11) is -4.88. The van der Waals surface area contributed by atoms with E-state index in [4.69, 9.17) is 17.3 Å². The molecule has 1 saturated heterocycles. The first-order valence-electron chi connectivity index (χ1n) is 12.6. The minimum absolute atomic E-state index is 0.0476. The van der Waals surface area contributed by atoms with Crippen molar-refractivity contribution in [2.75, 3.05) is 49.5 Å². The number of carbonyl (C=O) groups is 2. The van der Waals surface area contributed by atoms with Gasteiger partial charge in [0.2, 0.25) is 11.7 Å². The molecule has 0 unspecified atom stereocenters. The molecule has 2 amide bonds. The molecule has 2 aromatic rings. The summed E-state index contributed by atoms with van der Waals surface area (Å²) >= 11 is 6.13. The lowest BCUT2D eigenvalue weighted by Gasteiger charge is -2.37. The number of carbonyl (C=O) groups excluding carboxylic acids is 2. The molecule has 1 atom stereocenters. The Labute approximate surface area is 246 Å². The largest absolute Gasteiger partial charge is 0.501 e. The Bertz CT molecular complexity index is 1520. The van der Waals surface area contributed by atoms with E-state index >= 15 is 8.78 Å². The Morgan fingerprint density at radius 1 is 1.09 bits per heavy atom. The Hall–Kier alpha value is -3.45. The van der Waals surface area contributed by atoms with Gasteiger partial charge in [0.1, 0.15) is 11.6 Å². The summed E-state index contributed by atoms with van der Waals surface area (Å²) in [6.45, 7) is -0.747. The number of hydrogen-bond acceptors (Lipinski definition) is 10. The molecule has 4 rings (SSSR count). The van der Waals surface area contributed by atoms with Crippen molar-refractivity contribution in [1.29, 1.82) is 0 Å². The maximum absolute atomic E-state index is 15.4. The van der Waals surface area contributed by atoms with Crippen LogP contribution in [-0.2, 0) is 21.7 Å². The SMILES string of the molecule is NC(=O)[C@H](CO)NCc1c(F)c(F)c(C(=O)Nc2ccc(Cl)cc2N2CCN(CCC(F)(F)F)CC2)c2c1OS(=O)(=O)O2. The predicted octanol–water partition coefficient (Wildman–Crippen LogP) is 1.90. The number of anilines is 2. The fraction of sp³-hybridized carbons (Fsp3) is 0.417. The summed E-state index contributed by atoms with van der Waals surface area (Å²) in [4.78, 5) is 28.0. The summed E-state index contributed by atoms with van der Waals surface area (Å²) in [6, 6.07) is 2.79. The molecule has 2 aromatic carbocycles.